The van der Waals surface area contributed by atoms with Crippen LogP contribution in [0.4, 0.5) is 0 Å². The van der Waals surface area contributed by atoms with Gasteiger partial charge in [-0.15, -0.1) is 0 Å². The summed E-state index contributed by atoms with van der Waals surface area (Å²) in [6.45, 7) is 0. The van der Waals surface area contributed by atoms with Crippen molar-refractivity contribution in [1.82, 2.24) is 0 Å². The fourth-order valence-electron chi connectivity index (χ4n) is 2.72. The molecule has 1 aliphatic rings. The zero-order chi connectivity index (χ0) is 14.1. The lowest BCUT2D eigenvalue weighted by atomic mass is 9.87. The predicted molar refractivity (Wildman–Crippen MR) is 76.1 cm³/mol. The van der Waals surface area contributed by atoms with Crippen LogP contribution in [0.5, 0.6) is 0 Å². The maximum Gasteiger partial charge on any atom is 0.336 e. The number of benzene rings is 2. The highest BCUT2D eigenvalue weighted by molar-refractivity contribution is 6.01. The van der Waals surface area contributed by atoms with Crippen molar-refractivity contribution in [3.8, 4) is 11.1 Å². The Morgan fingerprint density at radius 3 is 2.60 bits per heavy atom. The molecule has 0 unspecified atom stereocenters. The van der Waals surface area contributed by atoms with Crippen molar-refractivity contribution in [2.75, 3.05) is 0 Å². The Morgan fingerprint density at radius 1 is 1.00 bits per heavy atom. The van der Waals surface area contributed by atoms with Crippen molar-refractivity contribution in [1.29, 1.82) is 0 Å². The van der Waals surface area contributed by atoms with Gasteiger partial charge in [-0.2, -0.15) is 0 Å². The SMILES string of the molecule is O=C1CCCc2ccc(-c3ccccc3C(=O)O)cc21. The number of Topliss-reactive ketones (excluding diaryl/α,β-unsaturated/α-hetero) is 1. The Labute approximate surface area is 116 Å². The van der Waals surface area contributed by atoms with E-state index in [4.69, 9.17) is 0 Å². The lowest BCUT2D eigenvalue weighted by molar-refractivity contribution is 0.0697. The van der Waals surface area contributed by atoms with Crippen LogP contribution in [0.15, 0.2) is 42.5 Å². The molecule has 3 rings (SSSR count). The number of carbonyl (C=O) groups excluding carboxylic acids is 1. The average molecular weight is 266 g/mol. The van der Waals surface area contributed by atoms with Crippen LogP contribution in [-0.2, 0) is 6.42 Å². The molecule has 0 fully saturated rings. The maximum atomic E-state index is 12.0. The van der Waals surface area contributed by atoms with Gasteiger partial charge in [-0.1, -0.05) is 30.3 Å². The summed E-state index contributed by atoms with van der Waals surface area (Å²) in [4.78, 5) is 23.3. The molecule has 0 bridgehead atoms. The van der Waals surface area contributed by atoms with E-state index in [0.29, 0.717) is 12.0 Å². The van der Waals surface area contributed by atoms with Crippen molar-refractivity contribution in [2.24, 2.45) is 0 Å². The normalized spacial score (nSPS) is 13.9. The van der Waals surface area contributed by atoms with Crippen LogP contribution in [0.1, 0.15) is 39.1 Å². The van der Waals surface area contributed by atoms with Gasteiger partial charge in [-0.05, 0) is 41.7 Å². The Bertz CT molecular complexity index is 701. The summed E-state index contributed by atoms with van der Waals surface area (Å²) in [6.07, 6.45) is 2.40. The fourth-order valence-corrected chi connectivity index (χ4v) is 2.72. The van der Waals surface area contributed by atoms with E-state index in [2.05, 4.69) is 0 Å². The highest BCUT2D eigenvalue weighted by atomic mass is 16.4. The van der Waals surface area contributed by atoms with E-state index in [1.54, 1.807) is 18.2 Å². The number of carbonyl (C=O) groups is 2. The number of ketones is 1. The Morgan fingerprint density at radius 2 is 1.80 bits per heavy atom. The predicted octanol–water partition coefficient (Wildman–Crippen LogP) is 3.57. The molecule has 20 heavy (non-hydrogen) atoms. The first-order valence-corrected chi connectivity index (χ1v) is 6.65. The van der Waals surface area contributed by atoms with Gasteiger partial charge in [0.25, 0.3) is 0 Å². The molecule has 0 amide bonds. The zero-order valence-electron chi connectivity index (χ0n) is 10.9. The van der Waals surface area contributed by atoms with Gasteiger partial charge in [0.15, 0.2) is 5.78 Å². The molecular formula is C17H14O3. The number of aryl methyl sites for hydroxylation is 1. The molecule has 0 spiro atoms. The van der Waals surface area contributed by atoms with Gasteiger partial charge in [0, 0.05) is 12.0 Å². The van der Waals surface area contributed by atoms with Gasteiger partial charge in [0.1, 0.15) is 0 Å². The molecule has 100 valence electrons. The average Bonchev–Trinajstić information content (AvgIpc) is 2.47. The van der Waals surface area contributed by atoms with Gasteiger partial charge < -0.3 is 5.11 Å². The van der Waals surface area contributed by atoms with Crippen molar-refractivity contribution in [3.63, 3.8) is 0 Å². The molecule has 2 aromatic rings. The van der Waals surface area contributed by atoms with Crippen LogP contribution in [0.3, 0.4) is 0 Å². The van der Waals surface area contributed by atoms with E-state index in [0.717, 1.165) is 29.5 Å². The van der Waals surface area contributed by atoms with E-state index in [9.17, 15) is 14.7 Å². The molecule has 3 nitrogen and oxygen atoms in total. The first-order valence-electron chi connectivity index (χ1n) is 6.65. The molecule has 0 aliphatic heterocycles. The lowest BCUT2D eigenvalue weighted by Crippen LogP contribution is -2.10. The molecule has 0 heterocycles. The summed E-state index contributed by atoms with van der Waals surface area (Å²) in [5.74, 6) is -0.800. The van der Waals surface area contributed by atoms with Crippen LogP contribution in [0.25, 0.3) is 11.1 Å². The summed E-state index contributed by atoms with van der Waals surface area (Å²) in [7, 11) is 0. The van der Waals surface area contributed by atoms with Crippen LogP contribution in [0, 0.1) is 0 Å². The van der Waals surface area contributed by atoms with Crippen LogP contribution >= 0.6 is 0 Å². The molecule has 3 heteroatoms. The van der Waals surface area contributed by atoms with E-state index in [-0.39, 0.29) is 11.3 Å². The van der Waals surface area contributed by atoms with Gasteiger partial charge in [-0.3, -0.25) is 4.79 Å². The number of hydrogen-bond donors (Lipinski definition) is 1. The number of aromatic carboxylic acids is 1. The first kappa shape index (κ1) is 12.6. The van der Waals surface area contributed by atoms with Gasteiger partial charge in [0.2, 0.25) is 0 Å². The molecule has 0 saturated heterocycles. The first-order chi connectivity index (χ1) is 9.66. The van der Waals surface area contributed by atoms with Crippen molar-refractivity contribution >= 4 is 11.8 Å². The molecule has 1 aliphatic carbocycles. The van der Waals surface area contributed by atoms with E-state index in [1.165, 1.54) is 0 Å². The van der Waals surface area contributed by atoms with E-state index in [1.807, 2.05) is 24.3 Å². The smallest absolute Gasteiger partial charge is 0.336 e. The third-order valence-corrected chi connectivity index (χ3v) is 3.73. The Balaban J connectivity index is 2.14. The standard InChI is InChI=1S/C17H14O3/c18-16-7-3-4-11-8-9-12(10-15(11)16)13-5-1-2-6-14(13)17(19)20/h1-2,5-6,8-10H,3-4,7H2,(H,19,20). The zero-order valence-corrected chi connectivity index (χ0v) is 10.9. The molecule has 0 aromatic heterocycles. The second kappa shape index (κ2) is 4.93. The number of rotatable bonds is 2. The fraction of sp³-hybridized carbons (Fsp3) is 0.176. The summed E-state index contributed by atoms with van der Waals surface area (Å²) in [5.41, 5.74) is 3.51. The largest absolute Gasteiger partial charge is 0.478 e. The number of hydrogen-bond acceptors (Lipinski definition) is 2. The van der Waals surface area contributed by atoms with Crippen molar-refractivity contribution < 1.29 is 14.7 Å². The lowest BCUT2D eigenvalue weighted by Gasteiger charge is -2.16. The van der Waals surface area contributed by atoms with Crippen molar-refractivity contribution in [3.05, 3.63) is 59.2 Å². The molecule has 0 atom stereocenters. The molecule has 2 aromatic carbocycles. The highest BCUT2D eigenvalue weighted by Crippen LogP contribution is 2.29. The molecule has 1 N–H and O–H groups in total. The highest BCUT2D eigenvalue weighted by Gasteiger charge is 2.19. The molecule has 0 radical (unpaired) electrons. The van der Waals surface area contributed by atoms with Crippen molar-refractivity contribution in [2.45, 2.75) is 19.3 Å². The molecule has 0 saturated carbocycles. The third-order valence-electron chi connectivity index (χ3n) is 3.73. The minimum absolute atomic E-state index is 0.154. The number of carboxylic acids is 1. The Kier molecular flexibility index (Phi) is 3.11. The monoisotopic (exact) mass is 266 g/mol. The Hall–Kier alpha value is -2.42. The quantitative estimate of drug-likeness (QED) is 0.904. The number of carboxylic acid groups (broad SMARTS) is 1. The van der Waals surface area contributed by atoms with E-state index >= 15 is 0 Å². The maximum absolute atomic E-state index is 12.0. The van der Waals surface area contributed by atoms with E-state index < -0.39 is 5.97 Å². The van der Waals surface area contributed by atoms with Gasteiger partial charge in [-0.25, -0.2) is 4.79 Å². The van der Waals surface area contributed by atoms with Crippen LogP contribution in [-0.4, -0.2) is 16.9 Å². The van der Waals surface area contributed by atoms with Crippen LogP contribution in [0.2, 0.25) is 0 Å². The van der Waals surface area contributed by atoms with Gasteiger partial charge in [0.05, 0.1) is 5.56 Å². The summed E-state index contributed by atoms with van der Waals surface area (Å²) in [6, 6.07) is 12.6. The molecular weight excluding hydrogens is 252 g/mol. The van der Waals surface area contributed by atoms with Gasteiger partial charge >= 0.3 is 5.97 Å². The number of fused-ring (bicyclic) bond motifs is 1. The summed E-state index contributed by atoms with van der Waals surface area (Å²) < 4.78 is 0. The second-order valence-electron chi connectivity index (χ2n) is 5.00. The second-order valence-corrected chi connectivity index (χ2v) is 5.00. The third kappa shape index (κ3) is 2.11. The topological polar surface area (TPSA) is 54.4 Å². The minimum Gasteiger partial charge on any atom is -0.478 e. The summed E-state index contributed by atoms with van der Waals surface area (Å²) in [5, 5.41) is 9.25. The summed E-state index contributed by atoms with van der Waals surface area (Å²) >= 11 is 0. The minimum atomic E-state index is -0.954. The van der Waals surface area contributed by atoms with Crippen LogP contribution < -0.4 is 0 Å².